The molecule has 0 aliphatic rings. The number of para-hydroxylation sites is 1. The van der Waals surface area contributed by atoms with Crippen LogP contribution in [0.3, 0.4) is 0 Å². The van der Waals surface area contributed by atoms with Crippen LogP contribution in [0, 0.1) is 0 Å². The summed E-state index contributed by atoms with van der Waals surface area (Å²) in [6.45, 7) is 2.23. The van der Waals surface area contributed by atoms with Gasteiger partial charge in [0.05, 0.1) is 0 Å². The van der Waals surface area contributed by atoms with Gasteiger partial charge in [-0.25, -0.2) is 0 Å². The fourth-order valence-electron chi connectivity index (χ4n) is 1.92. The summed E-state index contributed by atoms with van der Waals surface area (Å²) in [6.07, 6.45) is 4.66. The maximum Gasteiger partial charge on any atom is 0.0480 e. The molecule has 0 radical (unpaired) electrons. The van der Waals surface area contributed by atoms with Crippen LogP contribution in [-0.2, 0) is 6.54 Å². The molecule has 0 spiro atoms. The minimum absolute atomic E-state index is 1.11. The van der Waals surface area contributed by atoms with Crippen molar-refractivity contribution >= 4 is 10.9 Å². The Bertz CT molecular complexity index is 417. The van der Waals surface area contributed by atoms with Crippen molar-refractivity contribution in [1.29, 1.82) is 0 Å². The molecule has 0 aliphatic heterocycles. The Labute approximate surface area is 90.9 Å². The minimum atomic E-state index is 1.11. The first-order valence-corrected chi connectivity index (χ1v) is 5.60. The third kappa shape index (κ3) is 2.39. The van der Waals surface area contributed by atoms with Crippen LogP contribution in [0.25, 0.3) is 10.9 Å². The summed E-state index contributed by atoms with van der Waals surface area (Å²) in [7, 11) is 2.01. The minimum Gasteiger partial charge on any atom is -0.347 e. The predicted molar refractivity (Wildman–Crippen MR) is 65.1 cm³/mol. The summed E-state index contributed by atoms with van der Waals surface area (Å²) in [5, 5.41) is 4.51. The Hall–Kier alpha value is -1.28. The molecule has 0 amide bonds. The summed E-state index contributed by atoms with van der Waals surface area (Å²) in [5.74, 6) is 0. The zero-order valence-electron chi connectivity index (χ0n) is 9.24. The molecule has 1 aromatic heterocycles. The molecule has 2 nitrogen and oxygen atoms in total. The van der Waals surface area contributed by atoms with Gasteiger partial charge in [0.2, 0.25) is 0 Å². The Kier molecular flexibility index (Phi) is 3.41. The summed E-state index contributed by atoms with van der Waals surface area (Å²) >= 11 is 0. The van der Waals surface area contributed by atoms with Gasteiger partial charge >= 0.3 is 0 Å². The van der Waals surface area contributed by atoms with Crippen molar-refractivity contribution in [1.82, 2.24) is 9.88 Å². The zero-order valence-corrected chi connectivity index (χ0v) is 9.24. The second kappa shape index (κ2) is 4.99. The molecular weight excluding hydrogens is 184 g/mol. The van der Waals surface area contributed by atoms with Gasteiger partial charge in [-0.15, -0.1) is 0 Å². The Morgan fingerprint density at radius 1 is 1.13 bits per heavy atom. The van der Waals surface area contributed by atoms with Crippen molar-refractivity contribution in [3.05, 3.63) is 36.5 Å². The molecule has 1 heterocycles. The van der Waals surface area contributed by atoms with Gasteiger partial charge in [0.15, 0.2) is 0 Å². The quantitative estimate of drug-likeness (QED) is 0.737. The molecule has 0 fully saturated rings. The highest BCUT2D eigenvalue weighted by molar-refractivity contribution is 5.79. The van der Waals surface area contributed by atoms with Gasteiger partial charge in [-0.3, -0.25) is 0 Å². The van der Waals surface area contributed by atoms with Crippen molar-refractivity contribution < 1.29 is 0 Å². The number of nitrogens with one attached hydrogen (secondary N) is 1. The summed E-state index contributed by atoms with van der Waals surface area (Å²) in [4.78, 5) is 0. The standard InChI is InChI=1S/C13H18N2/c1-14-9-4-5-10-15-11-8-12-6-2-3-7-13(12)15/h2-3,6-8,11,14H,4-5,9-10H2,1H3. The average molecular weight is 202 g/mol. The Morgan fingerprint density at radius 2 is 2.00 bits per heavy atom. The molecule has 0 saturated carbocycles. The zero-order chi connectivity index (χ0) is 10.5. The molecule has 0 bridgehead atoms. The summed E-state index contributed by atoms with van der Waals surface area (Å²) < 4.78 is 2.34. The molecule has 2 aromatic rings. The monoisotopic (exact) mass is 202 g/mol. The highest BCUT2D eigenvalue weighted by Gasteiger charge is 1.98. The number of aromatic nitrogens is 1. The molecule has 1 aromatic carbocycles. The number of benzene rings is 1. The van der Waals surface area contributed by atoms with Gasteiger partial charge in [-0.05, 0) is 44.0 Å². The fraction of sp³-hybridized carbons (Fsp3) is 0.385. The second-order valence-electron chi connectivity index (χ2n) is 3.88. The molecule has 2 rings (SSSR count). The molecule has 0 atom stereocenters. The highest BCUT2D eigenvalue weighted by atomic mass is 14.9. The second-order valence-corrected chi connectivity index (χ2v) is 3.88. The smallest absolute Gasteiger partial charge is 0.0480 e. The molecule has 0 aliphatic carbocycles. The summed E-state index contributed by atoms with van der Waals surface area (Å²) in [6, 6.07) is 10.7. The van der Waals surface area contributed by atoms with E-state index in [4.69, 9.17) is 0 Å². The Balaban J connectivity index is 2.02. The maximum atomic E-state index is 3.18. The predicted octanol–water partition coefficient (Wildman–Crippen LogP) is 2.64. The van der Waals surface area contributed by atoms with Crippen LogP contribution >= 0.6 is 0 Å². The third-order valence-corrected chi connectivity index (χ3v) is 2.76. The van der Waals surface area contributed by atoms with Crippen molar-refractivity contribution in [2.45, 2.75) is 19.4 Å². The number of nitrogens with zero attached hydrogens (tertiary/aromatic N) is 1. The molecule has 80 valence electrons. The van der Waals surface area contributed by atoms with Crippen molar-refractivity contribution in [2.75, 3.05) is 13.6 Å². The van der Waals surface area contributed by atoms with E-state index in [1.165, 1.54) is 23.7 Å². The number of fused-ring (bicyclic) bond motifs is 1. The lowest BCUT2D eigenvalue weighted by Crippen LogP contribution is -2.08. The largest absolute Gasteiger partial charge is 0.347 e. The first kappa shape index (κ1) is 10.2. The van der Waals surface area contributed by atoms with E-state index in [1.54, 1.807) is 0 Å². The van der Waals surface area contributed by atoms with Gasteiger partial charge in [0, 0.05) is 18.3 Å². The average Bonchev–Trinajstić information content (AvgIpc) is 2.68. The summed E-state index contributed by atoms with van der Waals surface area (Å²) in [5.41, 5.74) is 1.35. The van der Waals surface area contributed by atoms with E-state index in [-0.39, 0.29) is 0 Å². The lowest BCUT2D eigenvalue weighted by Gasteiger charge is -2.04. The Morgan fingerprint density at radius 3 is 2.87 bits per heavy atom. The van der Waals surface area contributed by atoms with E-state index in [9.17, 15) is 0 Å². The molecule has 15 heavy (non-hydrogen) atoms. The maximum absolute atomic E-state index is 3.18. The van der Waals surface area contributed by atoms with Crippen molar-refractivity contribution in [2.24, 2.45) is 0 Å². The van der Waals surface area contributed by atoms with Crippen LogP contribution in [0.4, 0.5) is 0 Å². The van der Waals surface area contributed by atoms with Gasteiger partial charge < -0.3 is 9.88 Å². The van der Waals surface area contributed by atoms with E-state index in [0.29, 0.717) is 0 Å². The van der Waals surface area contributed by atoms with Crippen molar-refractivity contribution in [3.63, 3.8) is 0 Å². The molecular formula is C13H18N2. The lowest BCUT2D eigenvalue weighted by atomic mass is 10.2. The van der Waals surface area contributed by atoms with E-state index in [2.05, 4.69) is 46.4 Å². The van der Waals surface area contributed by atoms with Crippen LogP contribution in [0.2, 0.25) is 0 Å². The van der Waals surface area contributed by atoms with Crippen LogP contribution in [-0.4, -0.2) is 18.2 Å². The van der Waals surface area contributed by atoms with E-state index in [1.807, 2.05) is 7.05 Å². The topological polar surface area (TPSA) is 17.0 Å². The van der Waals surface area contributed by atoms with Gasteiger partial charge in [0.1, 0.15) is 0 Å². The normalized spacial score (nSPS) is 11.0. The number of unbranched alkanes of at least 4 members (excludes halogenated alkanes) is 1. The molecule has 0 saturated heterocycles. The van der Waals surface area contributed by atoms with Crippen LogP contribution in [0.5, 0.6) is 0 Å². The third-order valence-electron chi connectivity index (χ3n) is 2.76. The molecule has 1 N–H and O–H groups in total. The number of aryl methyl sites for hydroxylation is 1. The van der Waals surface area contributed by atoms with Gasteiger partial charge in [0.25, 0.3) is 0 Å². The number of rotatable bonds is 5. The van der Waals surface area contributed by atoms with E-state index >= 15 is 0 Å². The molecule has 2 heteroatoms. The number of hydrogen-bond acceptors (Lipinski definition) is 1. The fourth-order valence-corrected chi connectivity index (χ4v) is 1.92. The van der Waals surface area contributed by atoms with Crippen LogP contribution in [0.1, 0.15) is 12.8 Å². The van der Waals surface area contributed by atoms with E-state index < -0.39 is 0 Å². The van der Waals surface area contributed by atoms with Crippen LogP contribution < -0.4 is 5.32 Å². The van der Waals surface area contributed by atoms with Gasteiger partial charge in [-0.1, -0.05) is 18.2 Å². The highest BCUT2D eigenvalue weighted by Crippen LogP contribution is 2.15. The first-order chi connectivity index (χ1) is 7.42. The van der Waals surface area contributed by atoms with Gasteiger partial charge in [-0.2, -0.15) is 0 Å². The molecule has 0 unspecified atom stereocenters. The number of hydrogen-bond donors (Lipinski definition) is 1. The SMILES string of the molecule is CNCCCCn1ccc2ccccc21. The van der Waals surface area contributed by atoms with Crippen LogP contribution in [0.15, 0.2) is 36.5 Å². The van der Waals surface area contributed by atoms with Crippen molar-refractivity contribution in [3.8, 4) is 0 Å². The lowest BCUT2D eigenvalue weighted by molar-refractivity contribution is 0.603. The first-order valence-electron chi connectivity index (χ1n) is 5.60. The van der Waals surface area contributed by atoms with E-state index in [0.717, 1.165) is 13.1 Å².